The molecule has 2 aromatic carbocycles. The van der Waals surface area contributed by atoms with E-state index in [0.29, 0.717) is 13.1 Å². The molecule has 0 atom stereocenters. The summed E-state index contributed by atoms with van der Waals surface area (Å²) >= 11 is 6.89. The minimum atomic E-state index is 0.149. The zero-order chi connectivity index (χ0) is 17.8. The van der Waals surface area contributed by atoms with E-state index in [1.807, 2.05) is 60.7 Å². The van der Waals surface area contributed by atoms with E-state index in [4.69, 9.17) is 0 Å². The Hall–Kier alpha value is -1.49. The number of rotatable bonds is 3. The summed E-state index contributed by atoms with van der Waals surface area (Å²) in [6.07, 6.45) is 4.01. The summed E-state index contributed by atoms with van der Waals surface area (Å²) in [5, 5.41) is 0. The van der Waals surface area contributed by atoms with E-state index in [-0.39, 0.29) is 5.78 Å². The van der Waals surface area contributed by atoms with E-state index in [0.717, 1.165) is 37.8 Å². The van der Waals surface area contributed by atoms with Crippen molar-refractivity contribution in [1.29, 1.82) is 0 Å². The molecule has 1 aliphatic heterocycles. The van der Waals surface area contributed by atoms with E-state index in [1.165, 1.54) is 0 Å². The van der Waals surface area contributed by atoms with Crippen LogP contribution < -0.4 is 0 Å². The molecule has 2 aromatic rings. The van der Waals surface area contributed by atoms with Gasteiger partial charge in [-0.15, -0.1) is 0 Å². The number of ketones is 1. The summed E-state index contributed by atoms with van der Waals surface area (Å²) in [5.74, 6) is 0.149. The van der Waals surface area contributed by atoms with Crippen LogP contribution in [0.25, 0.3) is 12.2 Å². The van der Waals surface area contributed by atoms with Gasteiger partial charge in [-0.2, -0.15) is 0 Å². The monoisotopic (exact) mass is 459 g/mol. The van der Waals surface area contributed by atoms with Crippen LogP contribution in [0.3, 0.4) is 0 Å². The molecule has 1 aliphatic rings. The maximum absolute atomic E-state index is 12.9. The third kappa shape index (κ3) is 4.78. The number of Topliss-reactive ketones (excluding diaryl/α,β-unsaturated/α-hetero) is 1. The summed E-state index contributed by atoms with van der Waals surface area (Å²) < 4.78 is 2.08. The Bertz CT molecular complexity index is 752. The predicted molar refractivity (Wildman–Crippen MR) is 111 cm³/mol. The fraction of sp³-hybridized carbons (Fsp3) is 0.190. The zero-order valence-corrected chi connectivity index (χ0v) is 17.2. The van der Waals surface area contributed by atoms with Gasteiger partial charge in [-0.1, -0.05) is 63.0 Å². The molecular weight excluding hydrogens is 442 g/mol. The number of hydrogen-bond acceptors (Lipinski definition) is 2. The maximum Gasteiger partial charge on any atom is 0.187 e. The molecule has 0 unspecified atom stereocenters. The lowest BCUT2D eigenvalue weighted by Gasteiger charge is -2.28. The van der Waals surface area contributed by atoms with Crippen LogP contribution in [0.2, 0.25) is 0 Å². The lowest BCUT2D eigenvalue weighted by Crippen LogP contribution is -2.37. The molecule has 2 nitrogen and oxygen atoms in total. The van der Waals surface area contributed by atoms with Crippen molar-refractivity contribution in [3.63, 3.8) is 0 Å². The van der Waals surface area contributed by atoms with E-state index >= 15 is 0 Å². The molecule has 128 valence electrons. The first-order valence-electron chi connectivity index (χ1n) is 8.24. The van der Waals surface area contributed by atoms with Gasteiger partial charge in [-0.3, -0.25) is 9.69 Å². The van der Waals surface area contributed by atoms with Crippen LogP contribution in [-0.2, 0) is 4.79 Å². The Morgan fingerprint density at radius 2 is 1.24 bits per heavy atom. The van der Waals surface area contributed by atoms with Crippen molar-refractivity contribution < 1.29 is 4.79 Å². The number of nitrogens with zero attached hydrogens (tertiary/aromatic N) is 1. The normalized spacial score (nSPS) is 18.9. The van der Waals surface area contributed by atoms with Crippen LogP contribution in [0.4, 0.5) is 0 Å². The van der Waals surface area contributed by atoms with Gasteiger partial charge < -0.3 is 0 Å². The number of likely N-dealkylation sites (tertiary alicyclic amines) is 1. The molecule has 0 aliphatic carbocycles. The fourth-order valence-corrected chi connectivity index (χ4v) is 3.38. The van der Waals surface area contributed by atoms with Crippen LogP contribution in [0.1, 0.15) is 18.1 Å². The van der Waals surface area contributed by atoms with E-state index in [2.05, 4.69) is 43.7 Å². The Morgan fingerprint density at radius 3 is 1.60 bits per heavy atom. The van der Waals surface area contributed by atoms with Crippen LogP contribution >= 0.6 is 31.9 Å². The molecule has 0 saturated carbocycles. The summed E-state index contributed by atoms with van der Waals surface area (Å²) in [5.41, 5.74) is 3.79. The van der Waals surface area contributed by atoms with E-state index in [9.17, 15) is 4.79 Å². The number of piperidine rings is 1. The minimum absolute atomic E-state index is 0.149. The van der Waals surface area contributed by atoms with Crippen molar-refractivity contribution in [2.24, 2.45) is 0 Å². The third-order valence-corrected chi connectivity index (χ3v) is 5.30. The molecule has 0 N–H and O–H groups in total. The highest BCUT2D eigenvalue weighted by Gasteiger charge is 2.25. The van der Waals surface area contributed by atoms with Crippen molar-refractivity contribution in [1.82, 2.24) is 4.90 Å². The second kappa shape index (κ2) is 8.26. The van der Waals surface area contributed by atoms with Gasteiger partial charge in [0.05, 0.1) is 0 Å². The average molecular weight is 461 g/mol. The number of likely N-dealkylation sites (N-methyl/N-ethyl adjacent to an activating group) is 1. The van der Waals surface area contributed by atoms with Crippen LogP contribution in [0.15, 0.2) is 68.6 Å². The van der Waals surface area contributed by atoms with Gasteiger partial charge >= 0.3 is 0 Å². The molecule has 25 heavy (non-hydrogen) atoms. The average Bonchev–Trinajstić information content (AvgIpc) is 2.62. The van der Waals surface area contributed by atoms with Crippen molar-refractivity contribution in [3.8, 4) is 0 Å². The number of carbonyl (C=O) groups is 1. The molecule has 1 saturated heterocycles. The standard InChI is InChI=1S/C21H19Br2NO/c1-2-24-13-17(11-15-3-7-19(22)8-4-15)21(25)18(14-24)12-16-5-9-20(23)10-6-16/h3-12H,2,13-14H2,1H3/b17-11+,18-12+. The first-order chi connectivity index (χ1) is 12.0. The topological polar surface area (TPSA) is 20.3 Å². The van der Waals surface area contributed by atoms with Crippen LogP contribution in [0, 0.1) is 0 Å². The van der Waals surface area contributed by atoms with Crippen molar-refractivity contribution in [3.05, 3.63) is 79.7 Å². The molecule has 1 fully saturated rings. The second-order valence-electron chi connectivity index (χ2n) is 6.07. The maximum atomic E-state index is 12.9. The smallest absolute Gasteiger partial charge is 0.187 e. The quantitative estimate of drug-likeness (QED) is 0.557. The van der Waals surface area contributed by atoms with Gasteiger partial charge in [0, 0.05) is 33.2 Å². The van der Waals surface area contributed by atoms with Crippen molar-refractivity contribution in [2.45, 2.75) is 6.92 Å². The molecule has 0 spiro atoms. The highest BCUT2D eigenvalue weighted by molar-refractivity contribution is 9.10. The van der Waals surface area contributed by atoms with Crippen molar-refractivity contribution >= 4 is 49.8 Å². The number of carbonyl (C=O) groups excluding carboxylic acids is 1. The molecule has 0 aromatic heterocycles. The zero-order valence-electron chi connectivity index (χ0n) is 14.0. The number of halogens is 2. The molecule has 3 rings (SSSR count). The van der Waals surface area contributed by atoms with E-state index in [1.54, 1.807) is 0 Å². The summed E-state index contributed by atoms with van der Waals surface area (Å²) in [6.45, 7) is 4.44. The third-order valence-electron chi connectivity index (χ3n) is 4.24. The van der Waals surface area contributed by atoms with Crippen LogP contribution in [-0.4, -0.2) is 30.3 Å². The van der Waals surface area contributed by atoms with Crippen molar-refractivity contribution in [2.75, 3.05) is 19.6 Å². The Labute approximate surface area is 165 Å². The largest absolute Gasteiger partial charge is 0.295 e. The number of hydrogen-bond donors (Lipinski definition) is 0. The van der Waals surface area contributed by atoms with Gasteiger partial charge in [-0.05, 0) is 54.1 Å². The van der Waals surface area contributed by atoms with E-state index < -0.39 is 0 Å². The predicted octanol–water partition coefficient (Wildman–Crippen LogP) is 5.58. The molecular formula is C21H19Br2NO. The fourth-order valence-electron chi connectivity index (χ4n) is 2.85. The SMILES string of the molecule is CCN1C/C(=C\c2ccc(Br)cc2)C(=O)/C(=C/c2ccc(Br)cc2)C1. The van der Waals surface area contributed by atoms with Crippen LogP contribution in [0.5, 0.6) is 0 Å². The second-order valence-corrected chi connectivity index (χ2v) is 7.91. The molecule has 0 amide bonds. The van der Waals surface area contributed by atoms with Gasteiger partial charge in [-0.25, -0.2) is 0 Å². The molecule has 0 radical (unpaired) electrons. The Kier molecular flexibility index (Phi) is 6.05. The highest BCUT2D eigenvalue weighted by Crippen LogP contribution is 2.23. The van der Waals surface area contributed by atoms with Gasteiger partial charge in [0.2, 0.25) is 0 Å². The molecule has 0 bridgehead atoms. The highest BCUT2D eigenvalue weighted by atomic mass is 79.9. The molecule has 1 heterocycles. The Balaban J connectivity index is 1.93. The summed E-state index contributed by atoms with van der Waals surface area (Å²) in [4.78, 5) is 15.2. The number of benzene rings is 2. The van der Waals surface area contributed by atoms with Gasteiger partial charge in [0.25, 0.3) is 0 Å². The van der Waals surface area contributed by atoms with Gasteiger partial charge in [0.1, 0.15) is 0 Å². The summed E-state index contributed by atoms with van der Waals surface area (Å²) in [6, 6.07) is 16.1. The first kappa shape index (κ1) is 18.3. The summed E-state index contributed by atoms with van der Waals surface area (Å²) in [7, 11) is 0. The Morgan fingerprint density at radius 1 is 0.840 bits per heavy atom. The molecule has 4 heteroatoms. The first-order valence-corrected chi connectivity index (χ1v) is 9.83. The van der Waals surface area contributed by atoms with Gasteiger partial charge in [0.15, 0.2) is 5.78 Å². The lowest BCUT2D eigenvalue weighted by molar-refractivity contribution is -0.113. The minimum Gasteiger partial charge on any atom is -0.295 e. The lowest BCUT2D eigenvalue weighted by atomic mass is 9.94.